The number of ether oxygens (including phenoxy) is 2. The molecule has 136 valence electrons. The Bertz CT molecular complexity index is 682. The number of rotatable bonds is 7. The van der Waals surface area contributed by atoms with Crippen LogP contribution in [0.3, 0.4) is 0 Å². The van der Waals surface area contributed by atoms with E-state index in [1.54, 1.807) is 13.0 Å². The van der Waals surface area contributed by atoms with Crippen molar-refractivity contribution in [2.24, 2.45) is 0 Å². The summed E-state index contributed by atoms with van der Waals surface area (Å²) >= 11 is 6.00. The molecule has 0 aliphatic heterocycles. The lowest BCUT2D eigenvalue weighted by Crippen LogP contribution is -2.07. The van der Waals surface area contributed by atoms with Crippen LogP contribution in [0.15, 0.2) is 30.5 Å². The number of aromatic nitrogens is 1. The van der Waals surface area contributed by atoms with E-state index in [2.05, 4.69) is 4.98 Å². The number of hydrogen-bond acceptors (Lipinski definition) is 4. The highest BCUT2D eigenvalue weighted by Gasteiger charge is 2.30. The number of phenolic OH excluding ortho intramolecular Hbond substituents is 1. The first-order chi connectivity index (χ1) is 11.8. The van der Waals surface area contributed by atoms with E-state index in [-0.39, 0.29) is 11.6 Å². The third-order valence-electron chi connectivity index (χ3n) is 3.31. The molecule has 25 heavy (non-hydrogen) atoms. The molecular formula is C17H17ClF3NO3. The van der Waals surface area contributed by atoms with Gasteiger partial charge in [0.05, 0.1) is 23.8 Å². The molecular weight excluding hydrogens is 359 g/mol. The molecule has 0 saturated carbocycles. The summed E-state index contributed by atoms with van der Waals surface area (Å²) < 4.78 is 48.1. The highest BCUT2D eigenvalue weighted by Crippen LogP contribution is 2.32. The topological polar surface area (TPSA) is 51.6 Å². The first-order valence-corrected chi connectivity index (χ1v) is 7.93. The van der Waals surface area contributed by atoms with Crippen molar-refractivity contribution in [2.75, 3.05) is 13.2 Å². The van der Waals surface area contributed by atoms with Crippen LogP contribution < -0.4 is 9.47 Å². The third kappa shape index (κ3) is 5.70. The molecule has 0 radical (unpaired) electrons. The fourth-order valence-electron chi connectivity index (χ4n) is 2.08. The number of hydrogen-bond donors (Lipinski definition) is 1. The van der Waals surface area contributed by atoms with E-state index in [1.165, 1.54) is 12.1 Å². The number of phenols is 1. The molecule has 1 heterocycles. The van der Waals surface area contributed by atoms with Gasteiger partial charge in [-0.25, -0.2) is 4.98 Å². The fraction of sp³-hybridized carbons (Fsp3) is 0.353. The Morgan fingerprint density at radius 3 is 2.36 bits per heavy atom. The van der Waals surface area contributed by atoms with E-state index < -0.39 is 11.7 Å². The van der Waals surface area contributed by atoms with Crippen LogP contribution in [0.1, 0.15) is 24.0 Å². The summed E-state index contributed by atoms with van der Waals surface area (Å²) in [4.78, 5) is 3.63. The Kier molecular flexibility index (Phi) is 6.36. The van der Waals surface area contributed by atoms with Gasteiger partial charge in [-0.1, -0.05) is 11.6 Å². The highest BCUT2D eigenvalue weighted by atomic mass is 35.5. The molecule has 0 bridgehead atoms. The molecule has 1 aromatic carbocycles. The average molecular weight is 376 g/mol. The molecule has 1 aromatic heterocycles. The summed E-state index contributed by atoms with van der Waals surface area (Å²) in [6.07, 6.45) is -2.36. The standard InChI is InChI=1S/C17H17ClF3NO3/c1-11-8-13(23)9-14(18)16(11)25-7-3-2-6-24-15-5-4-12(10-22-15)17(19,20)21/h4-5,8-10,23H,2-3,6-7H2,1H3. The summed E-state index contributed by atoms with van der Waals surface area (Å²) in [6, 6.07) is 5.09. The molecule has 8 heteroatoms. The van der Waals surface area contributed by atoms with Crippen LogP contribution in [0.25, 0.3) is 0 Å². The molecule has 0 unspecified atom stereocenters. The number of unbranched alkanes of at least 4 members (excludes halogenated alkanes) is 1. The largest absolute Gasteiger partial charge is 0.508 e. The molecule has 0 fully saturated rings. The Morgan fingerprint density at radius 1 is 1.12 bits per heavy atom. The summed E-state index contributed by atoms with van der Waals surface area (Å²) in [5.41, 5.74) is -0.0791. The second kappa shape index (κ2) is 8.29. The summed E-state index contributed by atoms with van der Waals surface area (Å²) in [7, 11) is 0. The maximum Gasteiger partial charge on any atom is 0.417 e. The number of aryl methyl sites for hydroxylation is 1. The first-order valence-electron chi connectivity index (χ1n) is 7.55. The third-order valence-corrected chi connectivity index (χ3v) is 3.59. The zero-order valence-corrected chi connectivity index (χ0v) is 14.2. The van der Waals surface area contributed by atoms with Gasteiger partial charge in [0.1, 0.15) is 11.5 Å². The molecule has 4 nitrogen and oxygen atoms in total. The van der Waals surface area contributed by atoms with Crippen LogP contribution >= 0.6 is 11.6 Å². The molecule has 0 spiro atoms. The number of nitrogens with zero attached hydrogens (tertiary/aromatic N) is 1. The van der Waals surface area contributed by atoms with Crippen LogP contribution in [0.5, 0.6) is 17.4 Å². The molecule has 0 amide bonds. The predicted octanol–water partition coefficient (Wildman–Crippen LogP) is 5.01. The minimum Gasteiger partial charge on any atom is -0.508 e. The van der Waals surface area contributed by atoms with Crippen molar-refractivity contribution in [3.05, 3.63) is 46.6 Å². The van der Waals surface area contributed by atoms with Crippen molar-refractivity contribution < 1.29 is 27.8 Å². The van der Waals surface area contributed by atoms with E-state index in [0.29, 0.717) is 36.8 Å². The lowest BCUT2D eigenvalue weighted by Gasteiger charge is -2.11. The lowest BCUT2D eigenvalue weighted by molar-refractivity contribution is -0.137. The van der Waals surface area contributed by atoms with Gasteiger partial charge in [0.15, 0.2) is 0 Å². The van der Waals surface area contributed by atoms with Crippen molar-refractivity contribution in [1.29, 1.82) is 0 Å². The number of halogens is 4. The molecule has 0 aliphatic rings. The minimum atomic E-state index is -4.41. The van der Waals surface area contributed by atoms with Gasteiger partial charge in [-0.05, 0) is 37.5 Å². The van der Waals surface area contributed by atoms with Crippen LogP contribution in [0.2, 0.25) is 5.02 Å². The van der Waals surface area contributed by atoms with Crippen molar-refractivity contribution in [3.63, 3.8) is 0 Å². The number of aromatic hydroxyl groups is 1. The summed E-state index contributed by atoms with van der Waals surface area (Å²) in [5, 5.41) is 9.74. The van der Waals surface area contributed by atoms with E-state index >= 15 is 0 Å². The van der Waals surface area contributed by atoms with Gasteiger partial charge in [0.2, 0.25) is 5.88 Å². The van der Waals surface area contributed by atoms with E-state index in [0.717, 1.165) is 17.8 Å². The van der Waals surface area contributed by atoms with Crippen molar-refractivity contribution in [3.8, 4) is 17.4 Å². The zero-order chi connectivity index (χ0) is 18.4. The van der Waals surface area contributed by atoms with Gasteiger partial charge in [0, 0.05) is 18.3 Å². The normalized spacial score (nSPS) is 11.4. The second-order valence-electron chi connectivity index (χ2n) is 5.36. The number of benzene rings is 1. The van der Waals surface area contributed by atoms with Crippen molar-refractivity contribution in [1.82, 2.24) is 4.98 Å². The van der Waals surface area contributed by atoms with Gasteiger partial charge in [-0.3, -0.25) is 0 Å². The molecule has 0 atom stereocenters. The van der Waals surface area contributed by atoms with Gasteiger partial charge >= 0.3 is 6.18 Å². The number of alkyl halides is 3. The predicted molar refractivity (Wildman–Crippen MR) is 87.3 cm³/mol. The molecule has 1 N–H and O–H groups in total. The Balaban J connectivity index is 1.70. The first kappa shape index (κ1) is 19.2. The smallest absolute Gasteiger partial charge is 0.417 e. The summed E-state index contributed by atoms with van der Waals surface area (Å²) in [5.74, 6) is 0.739. The van der Waals surface area contributed by atoms with Crippen LogP contribution in [0.4, 0.5) is 13.2 Å². The highest BCUT2D eigenvalue weighted by molar-refractivity contribution is 6.32. The van der Waals surface area contributed by atoms with Gasteiger partial charge in [-0.15, -0.1) is 0 Å². The maximum absolute atomic E-state index is 12.4. The number of pyridine rings is 1. The Hall–Kier alpha value is -2.15. The fourth-order valence-corrected chi connectivity index (χ4v) is 2.40. The second-order valence-corrected chi connectivity index (χ2v) is 5.77. The van der Waals surface area contributed by atoms with Crippen molar-refractivity contribution in [2.45, 2.75) is 25.9 Å². The lowest BCUT2D eigenvalue weighted by atomic mass is 10.2. The quantitative estimate of drug-likeness (QED) is 0.691. The molecule has 2 rings (SSSR count). The molecule has 0 saturated heterocycles. The van der Waals surface area contributed by atoms with E-state index in [1.807, 2.05) is 0 Å². The Labute approximate surface area is 148 Å². The van der Waals surface area contributed by atoms with Gasteiger partial charge < -0.3 is 14.6 Å². The minimum absolute atomic E-state index is 0.0762. The van der Waals surface area contributed by atoms with Crippen LogP contribution in [0, 0.1) is 6.92 Å². The Morgan fingerprint density at radius 2 is 1.80 bits per heavy atom. The van der Waals surface area contributed by atoms with E-state index in [9.17, 15) is 18.3 Å². The van der Waals surface area contributed by atoms with Crippen LogP contribution in [-0.4, -0.2) is 23.3 Å². The monoisotopic (exact) mass is 375 g/mol. The molecule has 2 aromatic rings. The van der Waals surface area contributed by atoms with Gasteiger partial charge in [0.25, 0.3) is 0 Å². The van der Waals surface area contributed by atoms with Gasteiger partial charge in [-0.2, -0.15) is 13.2 Å². The maximum atomic E-state index is 12.4. The van der Waals surface area contributed by atoms with E-state index in [4.69, 9.17) is 21.1 Å². The SMILES string of the molecule is Cc1cc(O)cc(Cl)c1OCCCCOc1ccc(C(F)(F)F)cn1. The average Bonchev–Trinajstić information content (AvgIpc) is 2.52. The zero-order valence-electron chi connectivity index (χ0n) is 13.4. The van der Waals surface area contributed by atoms with Crippen LogP contribution in [-0.2, 0) is 6.18 Å². The van der Waals surface area contributed by atoms with Crippen molar-refractivity contribution >= 4 is 11.6 Å². The summed E-state index contributed by atoms with van der Waals surface area (Å²) in [6.45, 7) is 2.49. The molecule has 0 aliphatic carbocycles.